The number of methoxy groups -OCH3 is 1. The molecule has 116 valence electrons. The number of halogens is 1. The van der Waals surface area contributed by atoms with Crippen LogP contribution in [0.15, 0.2) is 34.8 Å². The Morgan fingerprint density at radius 2 is 1.65 bits per heavy atom. The lowest BCUT2D eigenvalue weighted by Gasteiger charge is -2.23. The third-order valence-electron chi connectivity index (χ3n) is 3.63. The van der Waals surface area contributed by atoms with Gasteiger partial charge in [0.2, 0.25) is 5.91 Å². The van der Waals surface area contributed by atoms with Crippen LogP contribution in [0.3, 0.4) is 0 Å². The van der Waals surface area contributed by atoms with Crippen LogP contribution in [-0.4, -0.2) is 24.6 Å². The first-order chi connectivity index (χ1) is 11.0. The maximum atomic E-state index is 12.9. The largest absolute Gasteiger partial charge is 0.495 e. The van der Waals surface area contributed by atoms with Crippen LogP contribution >= 0.6 is 15.9 Å². The summed E-state index contributed by atoms with van der Waals surface area (Å²) in [6.45, 7) is 1.33. The van der Waals surface area contributed by atoms with Crippen LogP contribution < -0.4 is 10.1 Å². The fraction of sp³-hybridized carbons (Fsp3) is 0.118. The topological polar surface area (TPSA) is 72.5 Å². The lowest BCUT2D eigenvalue weighted by Crippen LogP contribution is -2.24. The minimum atomic E-state index is -0.355. The minimum Gasteiger partial charge on any atom is -0.495 e. The molecule has 0 atom stereocenters. The van der Waals surface area contributed by atoms with Gasteiger partial charge in [-0.15, -0.1) is 0 Å². The highest BCUT2D eigenvalue weighted by atomic mass is 79.9. The number of rotatable bonds is 2. The van der Waals surface area contributed by atoms with E-state index < -0.39 is 0 Å². The van der Waals surface area contributed by atoms with Gasteiger partial charge in [-0.3, -0.25) is 14.4 Å². The number of carbonyl (C=O) groups excluding carboxylic acids is 3. The maximum absolute atomic E-state index is 12.9. The summed E-state index contributed by atoms with van der Waals surface area (Å²) in [6, 6.07) is 8.20. The number of ether oxygens (including phenoxy) is 1. The van der Waals surface area contributed by atoms with Crippen molar-refractivity contribution in [1.82, 2.24) is 0 Å². The van der Waals surface area contributed by atoms with Crippen molar-refractivity contribution in [3.8, 4) is 5.75 Å². The smallest absolute Gasteiger partial charge is 0.221 e. The lowest BCUT2D eigenvalue weighted by molar-refractivity contribution is -0.114. The van der Waals surface area contributed by atoms with Gasteiger partial charge in [0.05, 0.1) is 23.9 Å². The van der Waals surface area contributed by atoms with Crippen LogP contribution in [0.1, 0.15) is 38.8 Å². The monoisotopic (exact) mass is 373 g/mol. The molecule has 0 aromatic heterocycles. The van der Waals surface area contributed by atoms with E-state index in [2.05, 4.69) is 21.2 Å². The number of fused-ring (bicyclic) bond motifs is 2. The molecule has 0 spiro atoms. The van der Waals surface area contributed by atoms with Crippen molar-refractivity contribution in [2.24, 2.45) is 0 Å². The quantitative estimate of drug-likeness (QED) is 0.748. The predicted molar refractivity (Wildman–Crippen MR) is 88.3 cm³/mol. The van der Waals surface area contributed by atoms with Gasteiger partial charge < -0.3 is 10.1 Å². The Kier molecular flexibility index (Phi) is 3.77. The molecule has 1 aliphatic rings. The number of benzene rings is 2. The van der Waals surface area contributed by atoms with Crippen LogP contribution in [0.25, 0.3) is 0 Å². The van der Waals surface area contributed by atoms with Gasteiger partial charge in [0, 0.05) is 22.5 Å². The first kappa shape index (κ1) is 15.4. The fourth-order valence-corrected chi connectivity index (χ4v) is 3.27. The predicted octanol–water partition coefficient (Wildman–Crippen LogP) is 3.19. The Bertz CT molecular complexity index is 873. The van der Waals surface area contributed by atoms with Crippen molar-refractivity contribution >= 4 is 39.1 Å². The highest BCUT2D eigenvalue weighted by Crippen LogP contribution is 2.41. The summed E-state index contributed by atoms with van der Waals surface area (Å²) in [6.07, 6.45) is 0. The van der Waals surface area contributed by atoms with E-state index in [9.17, 15) is 14.4 Å². The molecule has 23 heavy (non-hydrogen) atoms. The van der Waals surface area contributed by atoms with Gasteiger partial charge in [-0.1, -0.05) is 24.3 Å². The molecule has 0 radical (unpaired) electrons. The summed E-state index contributed by atoms with van der Waals surface area (Å²) < 4.78 is 5.71. The first-order valence-corrected chi connectivity index (χ1v) is 7.61. The summed E-state index contributed by atoms with van der Waals surface area (Å²) in [5, 5.41) is 2.60. The summed E-state index contributed by atoms with van der Waals surface area (Å²) in [4.78, 5) is 37.2. The molecule has 3 rings (SSSR count). The van der Waals surface area contributed by atoms with E-state index in [1.165, 1.54) is 14.0 Å². The van der Waals surface area contributed by atoms with E-state index >= 15 is 0 Å². The van der Waals surface area contributed by atoms with Crippen LogP contribution in [0.2, 0.25) is 0 Å². The van der Waals surface area contributed by atoms with Gasteiger partial charge in [0.25, 0.3) is 0 Å². The average Bonchev–Trinajstić information content (AvgIpc) is 2.53. The number of amides is 1. The van der Waals surface area contributed by atoms with Gasteiger partial charge in [0.15, 0.2) is 11.6 Å². The summed E-state index contributed by atoms with van der Waals surface area (Å²) in [7, 11) is 1.43. The summed E-state index contributed by atoms with van der Waals surface area (Å²) >= 11 is 3.33. The molecule has 6 heteroatoms. The first-order valence-electron chi connectivity index (χ1n) is 6.82. The van der Waals surface area contributed by atoms with Gasteiger partial charge in [-0.25, -0.2) is 0 Å². The van der Waals surface area contributed by atoms with Gasteiger partial charge in [-0.2, -0.15) is 0 Å². The van der Waals surface area contributed by atoms with Gasteiger partial charge >= 0.3 is 0 Å². The summed E-state index contributed by atoms with van der Waals surface area (Å²) in [5.74, 6) is -0.631. The second kappa shape index (κ2) is 5.62. The molecule has 0 heterocycles. The normalized spacial score (nSPS) is 12.5. The highest BCUT2D eigenvalue weighted by molar-refractivity contribution is 9.10. The fourth-order valence-electron chi connectivity index (χ4n) is 2.69. The molecular weight excluding hydrogens is 362 g/mol. The average molecular weight is 374 g/mol. The van der Waals surface area contributed by atoms with Crippen LogP contribution in [-0.2, 0) is 4.79 Å². The van der Waals surface area contributed by atoms with E-state index in [-0.39, 0.29) is 34.3 Å². The van der Waals surface area contributed by atoms with Crippen molar-refractivity contribution in [1.29, 1.82) is 0 Å². The molecular formula is C17H12BrNO4. The molecule has 1 aliphatic carbocycles. The molecule has 0 unspecified atom stereocenters. The van der Waals surface area contributed by atoms with Gasteiger partial charge in [-0.05, 0) is 22.0 Å². The Morgan fingerprint density at radius 1 is 1.09 bits per heavy atom. The third-order valence-corrected chi connectivity index (χ3v) is 4.26. The lowest BCUT2D eigenvalue weighted by atomic mass is 9.83. The molecule has 0 saturated carbocycles. The van der Waals surface area contributed by atoms with Crippen molar-refractivity contribution in [2.75, 3.05) is 12.4 Å². The zero-order valence-electron chi connectivity index (χ0n) is 12.4. The number of ketones is 2. The Labute approximate surface area is 140 Å². The van der Waals surface area contributed by atoms with Gasteiger partial charge in [0.1, 0.15) is 5.75 Å². The van der Waals surface area contributed by atoms with E-state index in [1.54, 1.807) is 30.3 Å². The number of hydrogen-bond acceptors (Lipinski definition) is 4. The number of anilines is 1. The Hall–Kier alpha value is -2.47. The standard InChI is InChI=1S/C17H12BrNO4/c1-8(20)19-15-12(23-2)7-11(18)13-14(15)17(22)10-6-4-3-5-9(10)16(13)21/h3-7H,1-2H3,(H,19,20). The molecule has 1 N–H and O–H groups in total. The number of nitrogens with one attached hydrogen (secondary N) is 1. The SMILES string of the molecule is COc1cc(Br)c2c(c1NC(C)=O)C(=O)c1ccccc1C2=O. The van der Waals surface area contributed by atoms with Crippen LogP contribution in [0.5, 0.6) is 5.75 Å². The third kappa shape index (κ3) is 2.35. The molecule has 0 fully saturated rings. The molecule has 2 aromatic rings. The van der Waals surface area contributed by atoms with E-state index in [0.717, 1.165) is 0 Å². The van der Waals surface area contributed by atoms with Crippen molar-refractivity contribution < 1.29 is 19.1 Å². The zero-order chi connectivity index (χ0) is 16.7. The van der Waals surface area contributed by atoms with Crippen molar-refractivity contribution in [3.05, 3.63) is 57.1 Å². The van der Waals surface area contributed by atoms with E-state index in [4.69, 9.17) is 4.74 Å². The molecule has 2 aromatic carbocycles. The molecule has 5 nitrogen and oxygen atoms in total. The molecule has 1 amide bonds. The number of hydrogen-bond donors (Lipinski definition) is 1. The molecule has 0 bridgehead atoms. The van der Waals surface area contributed by atoms with E-state index in [1.807, 2.05) is 0 Å². The molecule has 0 aliphatic heterocycles. The Morgan fingerprint density at radius 3 is 2.17 bits per heavy atom. The maximum Gasteiger partial charge on any atom is 0.221 e. The Balaban J connectivity index is 2.37. The second-order valence-corrected chi connectivity index (χ2v) is 5.93. The van der Waals surface area contributed by atoms with Crippen LogP contribution in [0, 0.1) is 0 Å². The van der Waals surface area contributed by atoms with Crippen molar-refractivity contribution in [3.63, 3.8) is 0 Å². The minimum absolute atomic E-state index is 0.148. The highest BCUT2D eigenvalue weighted by Gasteiger charge is 2.35. The van der Waals surface area contributed by atoms with Crippen LogP contribution in [0.4, 0.5) is 5.69 Å². The zero-order valence-corrected chi connectivity index (χ0v) is 14.0. The number of carbonyl (C=O) groups is 3. The second-order valence-electron chi connectivity index (χ2n) is 5.07. The molecule has 0 saturated heterocycles. The van der Waals surface area contributed by atoms with E-state index in [0.29, 0.717) is 21.3 Å². The van der Waals surface area contributed by atoms with Crippen molar-refractivity contribution in [2.45, 2.75) is 6.92 Å². The summed E-state index contributed by atoms with van der Waals surface area (Å²) in [5.41, 5.74) is 1.26.